The summed E-state index contributed by atoms with van der Waals surface area (Å²) in [5, 5.41) is 17.2. The molecule has 0 aliphatic carbocycles. The van der Waals surface area contributed by atoms with E-state index in [1.807, 2.05) is 0 Å². The number of hydrogen-bond donors (Lipinski definition) is 3. The molecule has 3 amide bonds. The van der Waals surface area contributed by atoms with Crippen molar-refractivity contribution in [1.29, 1.82) is 0 Å². The number of likely N-dealkylation sites (N-methyl/N-ethyl adjacent to an activating group) is 1. The van der Waals surface area contributed by atoms with Gasteiger partial charge in [0.2, 0.25) is 5.91 Å². The second-order valence-corrected chi connectivity index (χ2v) is 3.76. The largest absolute Gasteiger partial charge is 0.480 e. The molecule has 0 unspecified atom stereocenters. The molecule has 0 fully saturated rings. The third-order valence-electron chi connectivity index (χ3n) is 2.08. The normalized spacial score (nSPS) is 10.0. The Morgan fingerprint density at radius 3 is 2.32 bits per heavy atom. The number of hydrogen-bond acceptors (Lipinski definition) is 5. The zero-order valence-electron chi connectivity index (χ0n) is 10.7. The van der Waals surface area contributed by atoms with Crippen LogP contribution in [0.5, 0.6) is 0 Å². The van der Waals surface area contributed by atoms with Crippen LogP contribution in [0.3, 0.4) is 0 Å². The molecular weight excluding hydrogens is 258 g/mol. The summed E-state index contributed by atoms with van der Waals surface area (Å²) in [7, 11) is 1.44. The summed E-state index contributed by atoms with van der Waals surface area (Å²) in [4.78, 5) is 35.3. The lowest BCUT2D eigenvalue weighted by Crippen LogP contribution is -2.48. The summed E-state index contributed by atoms with van der Waals surface area (Å²) < 4.78 is 4.98. The highest BCUT2D eigenvalue weighted by Crippen LogP contribution is 1.97. The van der Waals surface area contributed by atoms with Crippen LogP contribution in [0.1, 0.15) is 0 Å². The summed E-state index contributed by atoms with van der Waals surface area (Å²) in [5.41, 5.74) is 4.95. The fourth-order valence-corrected chi connectivity index (χ4v) is 1.25. The lowest BCUT2D eigenvalue weighted by molar-refractivity contribution is -0.138. The van der Waals surface area contributed by atoms with E-state index in [-0.39, 0.29) is 26.4 Å². The van der Waals surface area contributed by atoms with Crippen LogP contribution in [0.25, 0.3) is 0 Å². The van der Waals surface area contributed by atoms with Gasteiger partial charge in [0.05, 0.1) is 19.8 Å². The maximum Gasteiger partial charge on any atom is 0.323 e. The van der Waals surface area contributed by atoms with E-state index in [0.29, 0.717) is 0 Å². The summed E-state index contributed by atoms with van der Waals surface area (Å²) in [6, 6.07) is -0.631. The Labute approximate surface area is 110 Å². The van der Waals surface area contributed by atoms with Crippen LogP contribution in [0.2, 0.25) is 0 Å². The molecule has 19 heavy (non-hydrogen) atoms. The molecule has 0 bridgehead atoms. The van der Waals surface area contributed by atoms with Gasteiger partial charge in [-0.3, -0.25) is 9.59 Å². The molecule has 0 atom stereocenters. The minimum atomic E-state index is -1.24. The number of nitrogens with zero attached hydrogens (tertiary/aromatic N) is 2. The highest BCUT2D eigenvalue weighted by Gasteiger charge is 2.21. The van der Waals surface area contributed by atoms with Crippen molar-refractivity contribution in [2.75, 3.05) is 46.5 Å². The van der Waals surface area contributed by atoms with Crippen LogP contribution >= 0.6 is 0 Å². The number of primary amides is 1. The van der Waals surface area contributed by atoms with Gasteiger partial charge in [0.1, 0.15) is 13.1 Å². The van der Waals surface area contributed by atoms with E-state index in [1.54, 1.807) is 0 Å². The van der Waals surface area contributed by atoms with Crippen molar-refractivity contribution in [2.24, 2.45) is 5.73 Å². The lowest BCUT2D eigenvalue weighted by Gasteiger charge is -2.25. The monoisotopic (exact) mass is 277 g/mol. The van der Waals surface area contributed by atoms with Gasteiger partial charge in [-0.1, -0.05) is 0 Å². The van der Waals surface area contributed by atoms with Crippen molar-refractivity contribution in [2.45, 2.75) is 0 Å². The van der Waals surface area contributed by atoms with Crippen LogP contribution in [-0.4, -0.2) is 84.4 Å². The Morgan fingerprint density at radius 2 is 1.84 bits per heavy atom. The van der Waals surface area contributed by atoms with E-state index in [1.165, 1.54) is 11.9 Å². The zero-order chi connectivity index (χ0) is 14.8. The minimum absolute atomic E-state index is 0.121. The first-order chi connectivity index (χ1) is 8.88. The molecule has 0 saturated heterocycles. The van der Waals surface area contributed by atoms with Gasteiger partial charge in [0.15, 0.2) is 0 Å². The molecule has 0 saturated carbocycles. The Morgan fingerprint density at radius 1 is 1.21 bits per heavy atom. The molecule has 0 spiro atoms. The van der Waals surface area contributed by atoms with E-state index >= 15 is 0 Å². The zero-order valence-corrected chi connectivity index (χ0v) is 10.7. The van der Waals surface area contributed by atoms with Gasteiger partial charge in [0, 0.05) is 13.6 Å². The molecule has 0 aromatic rings. The van der Waals surface area contributed by atoms with Gasteiger partial charge in [-0.05, 0) is 0 Å². The Kier molecular flexibility index (Phi) is 8.22. The molecule has 110 valence electrons. The maximum atomic E-state index is 11.9. The molecule has 0 aliphatic heterocycles. The summed E-state index contributed by atoms with van der Waals surface area (Å²) in [6.45, 7) is -0.642. The molecule has 9 nitrogen and oxygen atoms in total. The number of rotatable bonds is 9. The number of aliphatic hydroxyl groups is 1. The second kappa shape index (κ2) is 9.11. The van der Waals surface area contributed by atoms with Crippen molar-refractivity contribution in [3.8, 4) is 0 Å². The Balaban J connectivity index is 4.34. The average Bonchev–Trinajstić information content (AvgIpc) is 2.31. The van der Waals surface area contributed by atoms with Crippen molar-refractivity contribution in [3.63, 3.8) is 0 Å². The molecular formula is C10H19N3O6. The van der Waals surface area contributed by atoms with Crippen LogP contribution in [0, 0.1) is 0 Å². The van der Waals surface area contributed by atoms with Gasteiger partial charge in [-0.2, -0.15) is 0 Å². The number of carboxylic acid groups (broad SMARTS) is 1. The molecule has 0 aromatic carbocycles. The number of ether oxygens (including phenoxy) is 1. The van der Waals surface area contributed by atoms with Gasteiger partial charge in [-0.15, -0.1) is 0 Å². The van der Waals surface area contributed by atoms with Crippen LogP contribution in [0.15, 0.2) is 0 Å². The van der Waals surface area contributed by atoms with Gasteiger partial charge >= 0.3 is 12.0 Å². The predicted octanol–water partition coefficient (Wildman–Crippen LogP) is -2.08. The average molecular weight is 277 g/mol. The number of aliphatic carboxylic acids is 1. The number of amides is 3. The van der Waals surface area contributed by atoms with Gasteiger partial charge < -0.3 is 30.5 Å². The first-order valence-corrected chi connectivity index (χ1v) is 5.57. The van der Waals surface area contributed by atoms with E-state index in [4.69, 9.17) is 20.7 Å². The van der Waals surface area contributed by atoms with Crippen molar-refractivity contribution in [3.05, 3.63) is 0 Å². The number of urea groups is 1. The molecule has 0 rings (SSSR count). The van der Waals surface area contributed by atoms with Crippen LogP contribution in [0.4, 0.5) is 4.79 Å². The van der Waals surface area contributed by atoms with E-state index in [2.05, 4.69) is 0 Å². The van der Waals surface area contributed by atoms with Gasteiger partial charge in [-0.25, -0.2) is 4.79 Å². The Hall–Kier alpha value is -1.87. The number of carbonyl (C=O) groups is 3. The highest BCUT2D eigenvalue weighted by molar-refractivity contribution is 5.85. The van der Waals surface area contributed by atoms with Crippen molar-refractivity contribution < 1.29 is 29.3 Å². The van der Waals surface area contributed by atoms with Crippen molar-refractivity contribution >= 4 is 17.9 Å². The van der Waals surface area contributed by atoms with Crippen LogP contribution in [-0.2, 0) is 14.3 Å². The molecule has 0 aliphatic rings. The fourth-order valence-electron chi connectivity index (χ4n) is 1.25. The van der Waals surface area contributed by atoms with E-state index in [9.17, 15) is 14.4 Å². The first kappa shape index (κ1) is 17.1. The second-order valence-electron chi connectivity index (χ2n) is 3.76. The summed E-state index contributed by atoms with van der Waals surface area (Å²) >= 11 is 0. The predicted molar refractivity (Wildman–Crippen MR) is 64.3 cm³/mol. The number of aliphatic hydroxyl groups excluding tert-OH is 1. The number of carboxylic acids is 1. The van der Waals surface area contributed by atoms with E-state index in [0.717, 1.165) is 4.90 Å². The maximum absolute atomic E-state index is 11.9. The lowest BCUT2D eigenvalue weighted by atomic mass is 10.4. The molecule has 4 N–H and O–H groups in total. The standard InChI is InChI=1S/C10H19N3O6/c1-12(2-4-19-5-3-14)10(18)13(6-8(11)15)7-9(16)17/h14H,2-7H2,1H3,(H2,11,15)(H,16,17). The third kappa shape index (κ3) is 7.95. The fraction of sp³-hybridized carbons (Fsp3) is 0.700. The molecule has 9 heteroatoms. The molecule has 0 radical (unpaired) electrons. The van der Waals surface area contributed by atoms with Gasteiger partial charge in [0.25, 0.3) is 0 Å². The molecule has 0 aromatic heterocycles. The van der Waals surface area contributed by atoms with Crippen molar-refractivity contribution in [1.82, 2.24) is 9.80 Å². The molecule has 0 heterocycles. The van der Waals surface area contributed by atoms with Crippen LogP contribution < -0.4 is 5.73 Å². The minimum Gasteiger partial charge on any atom is -0.480 e. The number of nitrogens with two attached hydrogens (primary N) is 1. The SMILES string of the molecule is CN(CCOCCO)C(=O)N(CC(N)=O)CC(=O)O. The quantitative estimate of drug-likeness (QED) is 0.414. The topological polar surface area (TPSA) is 133 Å². The Bertz CT molecular complexity index is 306. The highest BCUT2D eigenvalue weighted by atomic mass is 16.5. The summed E-state index contributed by atoms with van der Waals surface area (Å²) in [6.07, 6.45) is 0. The smallest absolute Gasteiger partial charge is 0.323 e. The number of carbonyl (C=O) groups excluding carboxylic acids is 2. The van der Waals surface area contributed by atoms with E-state index < -0.39 is 31.0 Å². The third-order valence-corrected chi connectivity index (χ3v) is 2.08. The summed E-state index contributed by atoms with van der Waals surface area (Å²) in [5.74, 6) is -2.03. The first-order valence-electron chi connectivity index (χ1n) is 5.57.